The minimum Gasteiger partial charge on any atom is -0.493 e. The van der Waals surface area contributed by atoms with Gasteiger partial charge in [0.2, 0.25) is 0 Å². The van der Waals surface area contributed by atoms with Crippen molar-refractivity contribution in [2.45, 2.75) is 63.4 Å². The van der Waals surface area contributed by atoms with E-state index in [4.69, 9.17) is 30.8 Å². The van der Waals surface area contributed by atoms with Crippen LogP contribution in [-0.4, -0.2) is 37.8 Å². The molecule has 6 nitrogen and oxygen atoms in total. The third-order valence-electron chi connectivity index (χ3n) is 7.85. The lowest BCUT2D eigenvalue weighted by Crippen LogP contribution is -2.39. The van der Waals surface area contributed by atoms with Gasteiger partial charge in [-0.25, -0.2) is 0 Å². The van der Waals surface area contributed by atoms with Gasteiger partial charge in [0.15, 0.2) is 17.3 Å². The number of hydrogen-bond acceptors (Lipinski definition) is 6. The third kappa shape index (κ3) is 4.91. The molecule has 3 atom stereocenters. The molecule has 0 radical (unpaired) electrons. The predicted molar refractivity (Wildman–Crippen MR) is 143 cm³/mol. The Labute approximate surface area is 222 Å². The summed E-state index contributed by atoms with van der Waals surface area (Å²) in [4.78, 5) is 32.2. The van der Waals surface area contributed by atoms with Gasteiger partial charge in [0.1, 0.15) is 12.0 Å². The van der Waals surface area contributed by atoms with Crippen LogP contribution in [0, 0.1) is 5.92 Å². The van der Waals surface area contributed by atoms with E-state index < -0.39 is 11.8 Å². The van der Waals surface area contributed by atoms with Gasteiger partial charge in [-0.2, -0.15) is 0 Å². The van der Waals surface area contributed by atoms with Crippen molar-refractivity contribution in [2.24, 2.45) is 10.9 Å². The van der Waals surface area contributed by atoms with E-state index in [-0.39, 0.29) is 23.8 Å². The number of ether oxygens (including phenoxy) is 3. The van der Waals surface area contributed by atoms with E-state index in [0.717, 1.165) is 42.5 Å². The molecule has 194 valence electrons. The molecule has 0 amide bonds. The Kier molecular flexibility index (Phi) is 7.38. The third-order valence-corrected chi connectivity index (χ3v) is 8.19. The fourth-order valence-corrected chi connectivity index (χ4v) is 6.27. The largest absolute Gasteiger partial charge is 0.493 e. The highest BCUT2D eigenvalue weighted by atomic mass is 35.5. The molecule has 0 spiro atoms. The summed E-state index contributed by atoms with van der Waals surface area (Å²) >= 11 is 6.66. The number of aliphatic imine (C=N–C) groups is 1. The number of carbonyl (C=O) groups excluding carboxylic acids is 2. The summed E-state index contributed by atoms with van der Waals surface area (Å²) < 4.78 is 16.8. The first-order valence-electron chi connectivity index (χ1n) is 12.9. The topological polar surface area (TPSA) is 74.2 Å². The van der Waals surface area contributed by atoms with Gasteiger partial charge < -0.3 is 14.2 Å². The number of ketones is 1. The highest BCUT2D eigenvalue weighted by molar-refractivity contribution is 6.31. The van der Waals surface area contributed by atoms with E-state index in [1.807, 2.05) is 43.3 Å². The van der Waals surface area contributed by atoms with Crippen LogP contribution in [0.4, 0.5) is 0 Å². The van der Waals surface area contributed by atoms with E-state index in [0.29, 0.717) is 40.6 Å². The normalized spacial score (nSPS) is 23.9. The average molecular weight is 522 g/mol. The molecular weight excluding hydrogens is 490 g/mol. The summed E-state index contributed by atoms with van der Waals surface area (Å²) in [5.74, 6) is -0.326. The van der Waals surface area contributed by atoms with E-state index in [1.54, 1.807) is 20.3 Å². The first-order valence-corrected chi connectivity index (χ1v) is 13.3. The zero-order chi connectivity index (χ0) is 26.1. The zero-order valence-corrected chi connectivity index (χ0v) is 22.2. The molecule has 37 heavy (non-hydrogen) atoms. The maximum atomic E-state index is 13.8. The van der Waals surface area contributed by atoms with Crippen molar-refractivity contribution in [3.8, 4) is 11.5 Å². The van der Waals surface area contributed by atoms with Crippen LogP contribution >= 0.6 is 11.6 Å². The van der Waals surface area contributed by atoms with E-state index in [9.17, 15) is 9.59 Å². The van der Waals surface area contributed by atoms with Crippen molar-refractivity contribution >= 4 is 29.1 Å². The Bertz CT molecular complexity index is 1280. The van der Waals surface area contributed by atoms with Crippen LogP contribution in [0.3, 0.4) is 0 Å². The molecule has 3 aliphatic rings. The van der Waals surface area contributed by atoms with E-state index in [1.165, 1.54) is 0 Å². The van der Waals surface area contributed by atoms with E-state index in [2.05, 4.69) is 0 Å². The maximum Gasteiger partial charge on any atom is 0.315 e. The van der Waals surface area contributed by atoms with Crippen molar-refractivity contribution in [3.63, 3.8) is 0 Å². The van der Waals surface area contributed by atoms with Gasteiger partial charge >= 0.3 is 5.97 Å². The second-order valence-electron chi connectivity index (χ2n) is 10.1. The molecule has 1 heterocycles. The number of methoxy groups -OCH3 is 2. The van der Waals surface area contributed by atoms with Crippen molar-refractivity contribution in [3.05, 3.63) is 69.9 Å². The van der Waals surface area contributed by atoms with Crippen molar-refractivity contribution in [2.75, 3.05) is 14.2 Å². The predicted octanol–water partition coefficient (Wildman–Crippen LogP) is 6.42. The van der Waals surface area contributed by atoms with Crippen LogP contribution in [0.5, 0.6) is 11.5 Å². The van der Waals surface area contributed by atoms with Crippen LogP contribution in [0.1, 0.15) is 68.4 Å². The maximum absolute atomic E-state index is 13.8. The lowest BCUT2D eigenvalue weighted by atomic mass is 9.69. The smallest absolute Gasteiger partial charge is 0.315 e. The number of allylic oxidation sites excluding steroid dienone is 2. The molecule has 1 aliphatic heterocycles. The number of benzene rings is 2. The summed E-state index contributed by atoms with van der Waals surface area (Å²) in [7, 11) is 3.20. The molecule has 0 bridgehead atoms. The standard InChI is InChI=1S/C30H32ClNO5/c1-17-27(30(34)37-20-8-4-5-9-20)28(21-10-6-7-11-22(21)31)29-23(32-17)14-19(15-24(29)33)18-12-13-25(35-2)26(16-18)36-3/h6-7,10-13,16,19-20,27-28H,4-5,8-9,14-15H2,1-3H3/t19-,27?,28+/m0/s1. The molecule has 0 aromatic heterocycles. The summed E-state index contributed by atoms with van der Waals surface area (Å²) in [5, 5.41) is 0.530. The molecule has 2 aliphatic carbocycles. The van der Waals surface area contributed by atoms with Crippen LogP contribution in [-0.2, 0) is 14.3 Å². The molecule has 2 aromatic carbocycles. The average Bonchev–Trinajstić information content (AvgIpc) is 3.40. The number of rotatable bonds is 6. The van der Waals surface area contributed by atoms with Crippen LogP contribution < -0.4 is 9.47 Å². The molecule has 1 fully saturated rings. The molecule has 2 aromatic rings. The number of halogens is 1. The van der Waals surface area contributed by atoms with Crippen LogP contribution in [0.15, 0.2) is 58.7 Å². The SMILES string of the molecule is COc1ccc([C@@H]2CC(=O)C3=C(C2)N=C(C)C(C(=O)OC2CCCC2)[C@H]3c2ccccc2Cl)cc1OC. The van der Waals surface area contributed by atoms with Gasteiger partial charge in [0.25, 0.3) is 0 Å². The van der Waals surface area contributed by atoms with E-state index >= 15 is 0 Å². The Morgan fingerprint density at radius 2 is 1.73 bits per heavy atom. The second-order valence-corrected chi connectivity index (χ2v) is 10.5. The summed E-state index contributed by atoms with van der Waals surface area (Å²) in [6, 6.07) is 13.2. The molecule has 5 rings (SSSR count). The highest BCUT2D eigenvalue weighted by Crippen LogP contribution is 2.49. The summed E-state index contributed by atoms with van der Waals surface area (Å²) in [6.45, 7) is 1.86. The molecular formula is C30H32ClNO5. The summed E-state index contributed by atoms with van der Waals surface area (Å²) in [5.41, 5.74) is 3.72. The fourth-order valence-electron chi connectivity index (χ4n) is 6.01. The van der Waals surface area contributed by atoms with Gasteiger partial charge in [-0.05, 0) is 74.3 Å². The van der Waals surface area contributed by atoms with Gasteiger partial charge in [-0.15, -0.1) is 0 Å². The Balaban J connectivity index is 1.54. The number of carbonyl (C=O) groups is 2. The number of Topliss-reactive ketones (excluding diaryl/α,β-unsaturated/α-hetero) is 1. The lowest BCUT2D eigenvalue weighted by molar-refractivity contribution is -0.151. The number of esters is 1. The van der Waals surface area contributed by atoms with Crippen molar-refractivity contribution in [1.82, 2.24) is 0 Å². The second kappa shape index (κ2) is 10.7. The first-order chi connectivity index (χ1) is 17.9. The number of nitrogens with zero attached hydrogens (tertiary/aromatic N) is 1. The van der Waals surface area contributed by atoms with Crippen LogP contribution in [0.25, 0.3) is 0 Å². The molecule has 1 unspecified atom stereocenters. The Hall–Kier alpha value is -3.12. The molecule has 0 saturated heterocycles. The Morgan fingerprint density at radius 1 is 1.00 bits per heavy atom. The van der Waals surface area contributed by atoms with Gasteiger partial charge in [-0.3, -0.25) is 14.6 Å². The van der Waals surface area contributed by atoms with Gasteiger partial charge in [-0.1, -0.05) is 35.9 Å². The van der Waals surface area contributed by atoms with Crippen molar-refractivity contribution in [1.29, 1.82) is 0 Å². The van der Waals surface area contributed by atoms with Gasteiger partial charge in [0.05, 0.1) is 14.2 Å². The molecule has 7 heteroatoms. The summed E-state index contributed by atoms with van der Waals surface area (Å²) in [6.07, 6.45) is 4.72. The lowest BCUT2D eigenvalue weighted by Gasteiger charge is -2.37. The minimum atomic E-state index is -0.680. The Morgan fingerprint density at radius 3 is 2.43 bits per heavy atom. The van der Waals surface area contributed by atoms with Gasteiger partial charge in [0, 0.05) is 34.3 Å². The van der Waals surface area contributed by atoms with Crippen LogP contribution in [0.2, 0.25) is 5.02 Å². The minimum absolute atomic E-state index is 0.0131. The molecule has 0 N–H and O–H groups in total. The molecule has 1 saturated carbocycles. The van der Waals surface area contributed by atoms with Crippen molar-refractivity contribution < 1.29 is 23.8 Å². The fraction of sp³-hybridized carbons (Fsp3) is 0.433. The first kappa shape index (κ1) is 25.5. The number of hydrogen-bond donors (Lipinski definition) is 0. The zero-order valence-electron chi connectivity index (χ0n) is 21.5. The highest BCUT2D eigenvalue weighted by Gasteiger charge is 2.46. The monoisotopic (exact) mass is 521 g/mol. The quantitative estimate of drug-likeness (QED) is 0.410.